The summed E-state index contributed by atoms with van der Waals surface area (Å²) in [5, 5.41) is 6.76. The third kappa shape index (κ3) is 7.67. The highest BCUT2D eigenvalue weighted by atomic mass is 19.1. The zero-order chi connectivity index (χ0) is 25.2. The zero-order valence-corrected chi connectivity index (χ0v) is 19.8. The second-order valence-corrected chi connectivity index (χ2v) is 8.14. The van der Waals surface area contributed by atoms with E-state index in [1.807, 2.05) is 13.8 Å². The summed E-state index contributed by atoms with van der Waals surface area (Å²) in [6, 6.07) is 19.1. The molecule has 0 saturated carbocycles. The van der Waals surface area contributed by atoms with E-state index < -0.39 is 11.9 Å². The number of nitrogens with one attached hydrogen (secondary N) is 2. The van der Waals surface area contributed by atoms with Crippen LogP contribution in [0.1, 0.15) is 35.3 Å². The molecule has 2 N–H and O–H groups in total. The van der Waals surface area contributed by atoms with Crippen LogP contribution in [0.5, 0.6) is 11.5 Å². The molecule has 3 aromatic carbocycles. The predicted molar refractivity (Wildman–Crippen MR) is 132 cm³/mol. The second-order valence-electron chi connectivity index (χ2n) is 8.14. The van der Waals surface area contributed by atoms with E-state index in [1.165, 1.54) is 18.3 Å². The number of benzene rings is 3. The van der Waals surface area contributed by atoms with Crippen molar-refractivity contribution in [1.29, 1.82) is 0 Å². The molecule has 0 spiro atoms. The Morgan fingerprint density at radius 2 is 1.57 bits per heavy atom. The molecule has 0 bridgehead atoms. The Labute approximate surface area is 204 Å². The number of amides is 2. The van der Waals surface area contributed by atoms with E-state index in [0.29, 0.717) is 23.7 Å². The molecule has 35 heavy (non-hydrogen) atoms. The van der Waals surface area contributed by atoms with E-state index in [9.17, 15) is 14.0 Å². The summed E-state index contributed by atoms with van der Waals surface area (Å²) in [7, 11) is 1.55. The lowest BCUT2D eigenvalue weighted by Crippen LogP contribution is -2.48. The van der Waals surface area contributed by atoms with Crippen LogP contribution in [0.2, 0.25) is 0 Å². The van der Waals surface area contributed by atoms with Crippen molar-refractivity contribution < 1.29 is 23.5 Å². The highest BCUT2D eigenvalue weighted by Crippen LogP contribution is 2.14. The van der Waals surface area contributed by atoms with Crippen LogP contribution in [0, 0.1) is 11.7 Å². The topological polar surface area (TPSA) is 89.0 Å². The van der Waals surface area contributed by atoms with Crippen LogP contribution in [0.3, 0.4) is 0 Å². The minimum Gasteiger partial charge on any atom is -0.497 e. The largest absolute Gasteiger partial charge is 0.497 e. The van der Waals surface area contributed by atoms with Crippen LogP contribution in [-0.2, 0) is 11.4 Å². The predicted octanol–water partition coefficient (Wildman–Crippen LogP) is 4.32. The van der Waals surface area contributed by atoms with Gasteiger partial charge in [0, 0.05) is 5.56 Å². The summed E-state index contributed by atoms with van der Waals surface area (Å²) in [5.74, 6) is 0.0750. The van der Waals surface area contributed by atoms with Gasteiger partial charge in [0.2, 0.25) is 0 Å². The number of rotatable bonds is 10. The molecule has 0 radical (unpaired) electrons. The average molecular weight is 478 g/mol. The van der Waals surface area contributed by atoms with Gasteiger partial charge in [-0.25, -0.2) is 9.82 Å². The fourth-order valence-electron chi connectivity index (χ4n) is 3.14. The Kier molecular flexibility index (Phi) is 8.95. The SMILES string of the molecule is COc1ccc(C(=O)NC(C(=O)NN=Cc2ccc(OCc3ccc(F)cc3)cc2)C(C)C)cc1. The molecule has 7 nitrogen and oxygen atoms in total. The molecule has 182 valence electrons. The molecule has 0 aliphatic heterocycles. The number of ether oxygens (including phenoxy) is 2. The number of carbonyl (C=O) groups excluding carboxylic acids is 2. The number of hydrazone groups is 1. The first-order valence-corrected chi connectivity index (χ1v) is 11.1. The summed E-state index contributed by atoms with van der Waals surface area (Å²) in [4.78, 5) is 25.2. The first kappa shape index (κ1) is 25.4. The highest BCUT2D eigenvalue weighted by Gasteiger charge is 2.24. The van der Waals surface area contributed by atoms with Crippen molar-refractivity contribution in [1.82, 2.24) is 10.7 Å². The van der Waals surface area contributed by atoms with E-state index in [-0.39, 0.29) is 17.6 Å². The average Bonchev–Trinajstić information content (AvgIpc) is 2.87. The van der Waals surface area contributed by atoms with Crippen LogP contribution in [0.4, 0.5) is 4.39 Å². The number of hydrogen-bond donors (Lipinski definition) is 2. The van der Waals surface area contributed by atoms with E-state index in [0.717, 1.165) is 11.1 Å². The van der Waals surface area contributed by atoms with Gasteiger partial charge < -0.3 is 14.8 Å². The van der Waals surface area contributed by atoms with Crippen molar-refractivity contribution in [3.8, 4) is 11.5 Å². The monoisotopic (exact) mass is 477 g/mol. The summed E-state index contributed by atoms with van der Waals surface area (Å²) in [5.41, 5.74) is 4.53. The summed E-state index contributed by atoms with van der Waals surface area (Å²) < 4.78 is 23.8. The van der Waals surface area contributed by atoms with E-state index in [1.54, 1.807) is 67.8 Å². The lowest BCUT2D eigenvalue weighted by atomic mass is 10.0. The maximum Gasteiger partial charge on any atom is 0.262 e. The molecule has 0 heterocycles. The molecule has 1 atom stereocenters. The Bertz CT molecular complexity index is 1140. The van der Waals surface area contributed by atoms with Gasteiger partial charge >= 0.3 is 0 Å². The molecule has 2 amide bonds. The van der Waals surface area contributed by atoms with Crippen LogP contribution in [0.25, 0.3) is 0 Å². The van der Waals surface area contributed by atoms with Gasteiger partial charge in [-0.15, -0.1) is 0 Å². The number of hydrogen-bond acceptors (Lipinski definition) is 5. The van der Waals surface area contributed by atoms with Crippen LogP contribution in [0.15, 0.2) is 77.9 Å². The minimum absolute atomic E-state index is 0.148. The van der Waals surface area contributed by atoms with Crippen molar-refractivity contribution in [3.05, 3.63) is 95.3 Å². The smallest absolute Gasteiger partial charge is 0.262 e. The second kappa shape index (κ2) is 12.3. The van der Waals surface area contributed by atoms with E-state index in [2.05, 4.69) is 15.8 Å². The number of carbonyl (C=O) groups is 2. The van der Waals surface area contributed by atoms with Crippen LogP contribution >= 0.6 is 0 Å². The number of halogens is 1. The zero-order valence-electron chi connectivity index (χ0n) is 19.8. The third-order valence-electron chi connectivity index (χ3n) is 5.18. The van der Waals surface area contributed by atoms with Gasteiger partial charge in [-0.2, -0.15) is 5.10 Å². The molecule has 0 fully saturated rings. The molecule has 1 unspecified atom stereocenters. The number of methoxy groups -OCH3 is 1. The molecule has 0 aromatic heterocycles. The van der Waals surface area contributed by atoms with Gasteiger partial charge in [-0.1, -0.05) is 26.0 Å². The normalized spacial score (nSPS) is 11.8. The van der Waals surface area contributed by atoms with E-state index >= 15 is 0 Å². The molecular formula is C27H28FN3O4. The highest BCUT2D eigenvalue weighted by molar-refractivity contribution is 5.97. The fraction of sp³-hybridized carbons (Fsp3) is 0.222. The summed E-state index contributed by atoms with van der Waals surface area (Å²) in [6.45, 7) is 4.00. The van der Waals surface area contributed by atoms with Gasteiger partial charge in [0.25, 0.3) is 11.8 Å². The van der Waals surface area contributed by atoms with Crippen LogP contribution in [-0.4, -0.2) is 31.2 Å². The lowest BCUT2D eigenvalue weighted by molar-refractivity contribution is -0.123. The maximum atomic E-state index is 13.0. The van der Waals surface area contributed by atoms with Gasteiger partial charge in [0.1, 0.15) is 30.0 Å². The Morgan fingerprint density at radius 3 is 2.17 bits per heavy atom. The van der Waals surface area contributed by atoms with E-state index in [4.69, 9.17) is 9.47 Å². The molecular weight excluding hydrogens is 449 g/mol. The van der Waals surface area contributed by atoms with Crippen molar-refractivity contribution in [2.75, 3.05) is 7.11 Å². The van der Waals surface area contributed by atoms with Crippen molar-refractivity contribution in [2.24, 2.45) is 11.0 Å². The minimum atomic E-state index is -0.760. The first-order chi connectivity index (χ1) is 16.9. The lowest BCUT2D eigenvalue weighted by Gasteiger charge is -2.20. The molecule has 3 rings (SSSR count). The molecule has 0 aliphatic carbocycles. The quantitative estimate of drug-likeness (QED) is 0.336. The van der Waals surface area contributed by atoms with Crippen LogP contribution < -0.4 is 20.2 Å². The number of nitrogens with zero attached hydrogens (tertiary/aromatic N) is 1. The molecule has 8 heteroatoms. The third-order valence-corrected chi connectivity index (χ3v) is 5.18. The molecule has 0 aliphatic rings. The fourth-order valence-corrected chi connectivity index (χ4v) is 3.14. The van der Waals surface area contributed by atoms with Crippen molar-refractivity contribution >= 4 is 18.0 Å². The Balaban J connectivity index is 1.52. The van der Waals surface area contributed by atoms with Gasteiger partial charge in [0.05, 0.1) is 13.3 Å². The van der Waals surface area contributed by atoms with Gasteiger partial charge in [0.15, 0.2) is 0 Å². The van der Waals surface area contributed by atoms with Crippen molar-refractivity contribution in [2.45, 2.75) is 26.5 Å². The molecule has 0 saturated heterocycles. The van der Waals surface area contributed by atoms with Crippen molar-refractivity contribution in [3.63, 3.8) is 0 Å². The standard InChI is InChI=1S/C27H28FN3O4/c1-18(2)25(30-26(32)21-8-14-23(34-3)15-9-21)27(33)31-29-16-19-6-12-24(13-7-19)35-17-20-4-10-22(28)11-5-20/h4-16,18,25H,17H2,1-3H3,(H,30,32)(H,31,33). The van der Waals surface area contributed by atoms with Gasteiger partial charge in [-0.05, 0) is 77.7 Å². The molecule has 3 aromatic rings. The summed E-state index contributed by atoms with van der Waals surface area (Å²) >= 11 is 0. The maximum absolute atomic E-state index is 13.0. The Hall–Kier alpha value is -4.20. The Morgan fingerprint density at radius 1 is 0.943 bits per heavy atom. The summed E-state index contributed by atoms with van der Waals surface area (Å²) in [6.07, 6.45) is 1.50. The first-order valence-electron chi connectivity index (χ1n) is 11.1. The van der Waals surface area contributed by atoms with Gasteiger partial charge in [-0.3, -0.25) is 9.59 Å².